The number of aromatic amines is 2. The quantitative estimate of drug-likeness (QED) is 0.756. The highest BCUT2D eigenvalue weighted by molar-refractivity contribution is 5.92. The van der Waals surface area contributed by atoms with Gasteiger partial charge in [-0.15, -0.1) is 0 Å². The number of carbonyl (C=O) groups is 1. The van der Waals surface area contributed by atoms with Crippen LogP contribution in [0.3, 0.4) is 0 Å². The molecule has 0 saturated carbocycles. The Morgan fingerprint density at radius 2 is 2.09 bits per heavy atom. The highest BCUT2D eigenvalue weighted by Gasteiger charge is 2.18. The van der Waals surface area contributed by atoms with Gasteiger partial charge in [0.25, 0.3) is 5.91 Å². The minimum absolute atomic E-state index is 0.131. The van der Waals surface area contributed by atoms with E-state index in [0.717, 1.165) is 5.69 Å². The van der Waals surface area contributed by atoms with Gasteiger partial charge in [0, 0.05) is 17.6 Å². The summed E-state index contributed by atoms with van der Waals surface area (Å²) in [6, 6.07) is 1.39. The number of hydrogen-bond donors (Lipinski definition) is 3. The van der Waals surface area contributed by atoms with E-state index in [1.807, 2.05) is 27.7 Å². The first-order valence-corrected chi connectivity index (χ1v) is 7.81. The van der Waals surface area contributed by atoms with E-state index in [1.54, 1.807) is 12.3 Å². The molecular formula is C16H23N5O2. The molecule has 2 heterocycles. The smallest absolute Gasteiger partial charge is 0.344 e. The molecule has 0 spiro atoms. The van der Waals surface area contributed by atoms with Crippen molar-refractivity contribution >= 4 is 5.91 Å². The van der Waals surface area contributed by atoms with Crippen molar-refractivity contribution in [2.24, 2.45) is 5.92 Å². The summed E-state index contributed by atoms with van der Waals surface area (Å²) in [6.07, 6.45) is 3.09. The first-order valence-electron chi connectivity index (χ1n) is 7.81. The van der Waals surface area contributed by atoms with E-state index >= 15 is 0 Å². The molecular weight excluding hydrogens is 294 g/mol. The van der Waals surface area contributed by atoms with Crippen LogP contribution < -0.4 is 11.0 Å². The first kappa shape index (κ1) is 16.9. The zero-order chi connectivity index (χ0) is 17.0. The molecule has 2 aromatic rings. The number of carbonyl (C=O) groups excluding carboxylic acids is 1. The average molecular weight is 317 g/mol. The zero-order valence-electron chi connectivity index (χ0n) is 13.9. The lowest BCUT2D eigenvalue weighted by atomic mass is 10.1. The number of rotatable bonds is 6. The predicted molar refractivity (Wildman–Crippen MR) is 87.2 cm³/mol. The van der Waals surface area contributed by atoms with Gasteiger partial charge in [-0.2, -0.15) is 4.98 Å². The third kappa shape index (κ3) is 4.51. The van der Waals surface area contributed by atoms with Crippen LogP contribution >= 0.6 is 0 Å². The van der Waals surface area contributed by atoms with Gasteiger partial charge in [0.05, 0.1) is 6.04 Å². The van der Waals surface area contributed by atoms with Gasteiger partial charge < -0.3 is 15.3 Å². The molecule has 2 rings (SSSR count). The minimum atomic E-state index is -0.504. The summed E-state index contributed by atoms with van der Waals surface area (Å²) in [5.74, 6) is 0.700. The summed E-state index contributed by atoms with van der Waals surface area (Å²) in [5.41, 5.74) is 1.27. The van der Waals surface area contributed by atoms with E-state index in [9.17, 15) is 9.59 Å². The fourth-order valence-corrected chi connectivity index (χ4v) is 2.38. The molecule has 0 unspecified atom stereocenters. The largest absolute Gasteiger partial charge is 0.345 e. The number of nitrogens with zero attached hydrogens (tertiary/aromatic N) is 2. The Hall–Kier alpha value is -2.44. The summed E-state index contributed by atoms with van der Waals surface area (Å²) < 4.78 is 0. The lowest BCUT2D eigenvalue weighted by Gasteiger charge is -2.14. The molecule has 0 aliphatic heterocycles. The van der Waals surface area contributed by atoms with Crippen molar-refractivity contribution in [3.05, 3.63) is 45.7 Å². The van der Waals surface area contributed by atoms with Gasteiger partial charge in [0.2, 0.25) is 0 Å². The number of aromatic nitrogens is 4. The van der Waals surface area contributed by atoms with Crippen LogP contribution in [0, 0.1) is 12.8 Å². The second-order valence-electron chi connectivity index (χ2n) is 6.08. The molecule has 1 amide bonds. The van der Waals surface area contributed by atoms with E-state index < -0.39 is 5.69 Å². The Kier molecular flexibility index (Phi) is 5.31. The van der Waals surface area contributed by atoms with Crippen LogP contribution in [0.2, 0.25) is 0 Å². The van der Waals surface area contributed by atoms with Gasteiger partial charge >= 0.3 is 5.69 Å². The summed E-state index contributed by atoms with van der Waals surface area (Å²) >= 11 is 0. The third-order valence-electron chi connectivity index (χ3n) is 3.43. The van der Waals surface area contributed by atoms with Gasteiger partial charge in [-0.3, -0.25) is 4.79 Å². The molecule has 0 saturated heterocycles. The van der Waals surface area contributed by atoms with Gasteiger partial charge in [0.1, 0.15) is 11.5 Å². The summed E-state index contributed by atoms with van der Waals surface area (Å²) in [5, 5.41) is 2.87. The second-order valence-corrected chi connectivity index (χ2v) is 6.08. The van der Waals surface area contributed by atoms with Crippen LogP contribution in [0.4, 0.5) is 0 Å². The van der Waals surface area contributed by atoms with Crippen molar-refractivity contribution in [3.63, 3.8) is 0 Å². The van der Waals surface area contributed by atoms with E-state index in [4.69, 9.17) is 0 Å². The molecule has 23 heavy (non-hydrogen) atoms. The lowest BCUT2D eigenvalue weighted by Crippen LogP contribution is -2.31. The van der Waals surface area contributed by atoms with E-state index in [1.165, 1.54) is 0 Å². The maximum atomic E-state index is 12.4. The van der Waals surface area contributed by atoms with E-state index in [2.05, 4.69) is 25.3 Å². The SMILES string of the molecule is CC[C@H](NC(=O)c1cc(CC(C)C)[nH]c(=O)n1)c1ncc(C)[nH]1. The molecule has 124 valence electrons. The highest BCUT2D eigenvalue weighted by Crippen LogP contribution is 2.14. The molecule has 3 N–H and O–H groups in total. The number of nitrogens with one attached hydrogen (secondary N) is 3. The van der Waals surface area contributed by atoms with Crippen LogP contribution in [-0.2, 0) is 6.42 Å². The Morgan fingerprint density at radius 3 is 2.65 bits per heavy atom. The van der Waals surface area contributed by atoms with Crippen LogP contribution in [0.5, 0.6) is 0 Å². The van der Waals surface area contributed by atoms with Crippen LogP contribution in [-0.4, -0.2) is 25.8 Å². The fourth-order valence-electron chi connectivity index (χ4n) is 2.38. The number of aryl methyl sites for hydroxylation is 1. The third-order valence-corrected chi connectivity index (χ3v) is 3.43. The average Bonchev–Trinajstić information content (AvgIpc) is 2.89. The predicted octanol–water partition coefficient (Wildman–Crippen LogP) is 1.88. The Morgan fingerprint density at radius 1 is 1.35 bits per heavy atom. The molecule has 0 aliphatic rings. The lowest BCUT2D eigenvalue weighted by molar-refractivity contribution is 0.0928. The number of hydrogen-bond acceptors (Lipinski definition) is 4. The molecule has 7 nitrogen and oxygen atoms in total. The second kappa shape index (κ2) is 7.21. The molecule has 7 heteroatoms. The van der Waals surface area contributed by atoms with E-state index in [-0.39, 0.29) is 17.6 Å². The van der Waals surface area contributed by atoms with Gasteiger partial charge in [-0.1, -0.05) is 20.8 Å². The molecule has 1 atom stereocenters. The molecule has 0 aromatic carbocycles. The van der Waals surface area contributed by atoms with Crippen molar-refractivity contribution in [3.8, 4) is 0 Å². The van der Waals surface area contributed by atoms with Gasteiger partial charge in [0.15, 0.2) is 0 Å². The number of imidazole rings is 1. The molecule has 0 aliphatic carbocycles. The summed E-state index contributed by atoms with van der Waals surface area (Å²) in [4.78, 5) is 37.9. The Labute approximate surface area is 135 Å². The van der Waals surface area contributed by atoms with Gasteiger partial charge in [-0.25, -0.2) is 9.78 Å². The van der Waals surface area contributed by atoms with Crippen molar-refractivity contribution < 1.29 is 4.79 Å². The molecule has 2 aromatic heterocycles. The zero-order valence-corrected chi connectivity index (χ0v) is 13.9. The standard InChI is InChI=1S/C16H23N5O2/c1-5-12(14-17-8-10(4)18-14)20-15(22)13-7-11(6-9(2)3)19-16(23)21-13/h7-9,12H,5-6H2,1-4H3,(H,17,18)(H,20,22)(H,19,21,23)/t12-/m0/s1. The van der Waals surface area contributed by atoms with Crippen molar-refractivity contribution in [1.29, 1.82) is 0 Å². The summed E-state index contributed by atoms with van der Waals surface area (Å²) in [7, 11) is 0. The monoisotopic (exact) mass is 317 g/mol. The normalized spacial score (nSPS) is 12.4. The molecule has 0 radical (unpaired) electrons. The van der Waals surface area contributed by atoms with Crippen molar-refractivity contribution in [2.45, 2.75) is 46.6 Å². The fraction of sp³-hybridized carbons (Fsp3) is 0.500. The molecule has 0 bridgehead atoms. The highest BCUT2D eigenvalue weighted by atomic mass is 16.2. The Balaban J connectivity index is 2.19. The minimum Gasteiger partial charge on any atom is -0.344 e. The van der Waals surface area contributed by atoms with Crippen LogP contribution in [0.15, 0.2) is 17.1 Å². The van der Waals surface area contributed by atoms with E-state index in [0.29, 0.717) is 30.3 Å². The van der Waals surface area contributed by atoms with Crippen LogP contribution in [0.25, 0.3) is 0 Å². The number of H-pyrrole nitrogens is 2. The maximum absolute atomic E-state index is 12.4. The first-order chi connectivity index (χ1) is 10.9. The Bertz CT molecular complexity index is 732. The topological polar surface area (TPSA) is 104 Å². The summed E-state index contributed by atoms with van der Waals surface area (Å²) in [6.45, 7) is 7.95. The van der Waals surface area contributed by atoms with Gasteiger partial charge in [-0.05, 0) is 31.7 Å². The maximum Gasteiger partial charge on any atom is 0.345 e. The van der Waals surface area contributed by atoms with Crippen molar-refractivity contribution in [1.82, 2.24) is 25.3 Å². The van der Waals surface area contributed by atoms with Crippen molar-refractivity contribution in [2.75, 3.05) is 0 Å². The van der Waals surface area contributed by atoms with Crippen LogP contribution in [0.1, 0.15) is 60.9 Å². The molecule has 0 fully saturated rings. The number of amides is 1.